The van der Waals surface area contributed by atoms with Gasteiger partial charge >= 0.3 is 0 Å². The maximum atomic E-state index is 1.65. The third-order valence-electron chi connectivity index (χ3n) is 13.9. The molecule has 0 saturated heterocycles. The van der Waals surface area contributed by atoms with Crippen molar-refractivity contribution in [2.45, 2.75) is 77.0 Å². The monoisotopic (exact) mass is 376 g/mol. The zero-order valence-electron chi connectivity index (χ0n) is 17.7. The second-order valence-electron chi connectivity index (χ2n) is 14.3. The van der Waals surface area contributed by atoms with Gasteiger partial charge in [-0.3, -0.25) is 0 Å². The van der Waals surface area contributed by atoms with Crippen molar-refractivity contribution in [2.24, 2.45) is 94.7 Å². The van der Waals surface area contributed by atoms with E-state index in [9.17, 15) is 0 Å². The fraction of sp³-hybridized carbons (Fsp3) is 1.00. The van der Waals surface area contributed by atoms with Crippen LogP contribution in [-0.4, -0.2) is 0 Å². The largest absolute Gasteiger partial charge is 0.0470 e. The molecule has 0 aromatic heterocycles. The van der Waals surface area contributed by atoms with Gasteiger partial charge in [0.1, 0.15) is 0 Å². The molecule has 0 N–H and O–H groups in total. The summed E-state index contributed by atoms with van der Waals surface area (Å²) in [6.45, 7) is 0. The third-order valence-corrected chi connectivity index (χ3v) is 13.9. The smallest absolute Gasteiger partial charge is 0.0349 e. The molecular weight excluding hydrogens is 336 g/mol. The molecule has 0 heterocycles. The Morgan fingerprint density at radius 1 is 0.179 bits per heavy atom. The van der Waals surface area contributed by atoms with Crippen LogP contribution in [0.1, 0.15) is 77.0 Å². The maximum Gasteiger partial charge on any atom is -0.0349 e. The second kappa shape index (κ2) is 5.07. The molecule has 0 atom stereocenters. The Bertz CT molecular complexity index is 470. The van der Waals surface area contributed by atoms with E-state index in [1.165, 1.54) is 94.7 Å². The van der Waals surface area contributed by atoms with Crippen molar-refractivity contribution in [3.63, 3.8) is 0 Å². The molecule has 0 spiro atoms. The summed E-state index contributed by atoms with van der Waals surface area (Å²) in [5.41, 5.74) is 0. The van der Waals surface area contributed by atoms with Gasteiger partial charge in [0.05, 0.1) is 0 Å². The molecule has 14 aliphatic carbocycles. The van der Waals surface area contributed by atoms with E-state index in [0.717, 1.165) is 0 Å². The molecule has 0 aromatic rings. The van der Waals surface area contributed by atoms with Gasteiger partial charge in [-0.1, -0.05) is 0 Å². The van der Waals surface area contributed by atoms with Gasteiger partial charge in [0.2, 0.25) is 0 Å². The molecular formula is C28H40. The Hall–Kier alpha value is 0. The van der Waals surface area contributed by atoms with E-state index >= 15 is 0 Å². The molecule has 14 rings (SSSR count). The van der Waals surface area contributed by atoms with Crippen LogP contribution in [0, 0.1) is 94.7 Å². The maximum absolute atomic E-state index is 1.65. The van der Waals surface area contributed by atoms with Crippen molar-refractivity contribution in [3.05, 3.63) is 0 Å². The summed E-state index contributed by atoms with van der Waals surface area (Å²) in [7, 11) is 0. The lowest BCUT2D eigenvalue weighted by atomic mass is 9.36. The topological polar surface area (TPSA) is 0 Å². The summed E-state index contributed by atoms with van der Waals surface area (Å²) in [4.78, 5) is 0. The minimum absolute atomic E-state index is 1.19. The van der Waals surface area contributed by atoms with Gasteiger partial charge in [0.15, 0.2) is 0 Å². The van der Waals surface area contributed by atoms with Gasteiger partial charge in [0, 0.05) is 0 Å². The summed E-state index contributed by atoms with van der Waals surface area (Å²) in [6, 6.07) is 0. The molecule has 0 heteroatoms. The van der Waals surface area contributed by atoms with Crippen LogP contribution in [0.15, 0.2) is 0 Å². The average molecular weight is 377 g/mol. The molecule has 28 heavy (non-hydrogen) atoms. The minimum Gasteiger partial charge on any atom is -0.0470 e. The number of rotatable bonds is 0. The predicted octanol–water partition coefficient (Wildman–Crippen LogP) is 6.65. The average Bonchev–Trinajstić information content (AvgIpc) is 2.75. The van der Waals surface area contributed by atoms with Crippen LogP contribution in [0.3, 0.4) is 0 Å². The first-order valence-corrected chi connectivity index (χ1v) is 13.8. The summed E-state index contributed by atoms with van der Waals surface area (Å²) < 4.78 is 0. The number of hydrogen-bond donors (Lipinski definition) is 0. The van der Waals surface area contributed by atoms with Gasteiger partial charge in [-0.15, -0.1) is 0 Å². The van der Waals surface area contributed by atoms with Crippen LogP contribution in [0.5, 0.6) is 0 Å². The summed E-state index contributed by atoms with van der Waals surface area (Å²) in [5.74, 6) is 19.5. The van der Waals surface area contributed by atoms with Crippen LogP contribution in [0.4, 0.5) is 0 Å². The van der Waals surface area contributed by atoms with Crippen molar-refractivity contribution in [1.29, 1.82) is 0 Å². The molecule has 0 aromatic carbocycles. The van der Waals surface area contributed by atoms with Crippen molar-refractivity contribution < 1.29 is 0 Å². The van der Waals surface area contributed by atoms with E-state index in [1.807, 2.05) is 0 Å². The molecule has 16 bridgehead atoms. The molecule has 0 amide bonds. The van der Waals surface area contributed by atoms with E-state index in [2.05, 4.69) is 0 Å². The first kappa shape index (κ1) is 15.8. The van der Waals surface area contributed by atoms with Crippen LogP contribution in [0.2, 0.25) is 0 Å². The highest BCUT2D eigenvalue weighted by molar-refractivity contribution is 5.13. The molecule has 152 valence electrons. The standard InChI is InChI=1S/2C14H20/c2*1-7-2-12-10-4-8-5-11(9(1)10)13(3-7)14(12)6-8/h2*7-14H,1-6H2. The summed E-state index contributed by atoms with van der Waals surface area (Å²) in [6.07, 6.45) is 19.9. The highest BCUT2D eigenvalue weighted by atomic mass is 14.7. The van der Waals surface area contributed by atoms with Crippen LogP contribution >= 0.6 is 0 Å². The molecule has 0 aliphatic heterocycles. The summed E-state index contributed by atoms with van der Waals surface area (Å²) in [5, 5.41) is 0. The normalized spacial score (nSPS) is 72.0. The highest BCUT2D eigenvalue weighted by Gasteiger charge is 2.64. The molecule has 14 fully saturated rings. The Kier molecular flexibility index (Phi) is 2.85. The van der Waals surface area contributed by atoms with Crippen LogP contribution in [0.25, 0.3) is 0 Å². The first-order chi connectivity index (χ1) is 13.8. The molecule has 0 radical (unpaired) electrons. The third kappa shape index (κ3) is 1.76. The van der Waals surface area contributed by atoms with Crippen molar-refractivity contribution in [3.8, 4) is 0 Å². The fourth-order valence-electron chi connectivity index (χ4n) is 13.8. The Labute approximate surface area is 172 Å². The van der Waals surface area contributed by atoms with Gasteiger partial charge in [-0.25, -0.2) is 0 Å². The van der Waals surface area contributed by atoms with E-state index < -0.39 is 0 Å². The SMILES string of the molecule is C1C2CC3C4CC5CC(C14)C(C2)C3C5.C1C2CC3C4CC5CC(C14)C(C2)C3C5. The van der Waals surface area contributed by atoms with E-state index in [0.29, 0.717) is 0 Å². The fourth-order valence-corrected chi connectivity index (χ4v) is 13.8. The van der Waals surface area contributed by atoms with E-state index in [-0.39, 0.29) is 0 Å². The molecule has 0 nitrogen and oxygen atoms in total. The van der Waals surface area contributed by atoms with E-state index in [1.54, 1.807) is 77.0 Å². The quantitative estimate of drug-likeness (QED) is 0.444. The summed E-state index contributed by atoms with van der Waals surface area (Å²) >= 11 is 0. The molecule has 14 saturated carbocycles. The van der Waals surface area contributed by atoms with Crippen molar-refractivity contribution in [1.82, 2.24) is 0 Å². The van der Waals surface area contributed by atoms with Gasteiger partial charge in [0.25, 0.3) is 0 Å². The lowest BCUT2D eigenvalue weighted by molar-refractivity contribution is -0.202. The first-order valence-electron chi connectivity index (χ1n) is 13.8. The number of hydrogen-bond acceptors (Lipinski definition) is 0. The van der Waals surface area contributed by atoms with Crippen LogP contribution in [-0.2, 0) is 0 Å². The zero-order valence-corrected chi connectivity index (χ0v) is 17.7. The lowest BCUT2D eigenvalue weighted by Crippen LogP contribution is -2.62. The molecule has 14 aliphatic rings. The predicted molar refractivity (Wildman–Crippen MR) is 111 cm³/mol. The zero-order chi connectivity index (χ0) is 17.7. The lowest BCUT2D eigenvalue weighted by Gasteiger charge is -2.69. The molecule has 0 unspecified atom stereocenters. The second-order valence-corrected chi connectivity index (χ2v) is 14.3. The Balaban J connectivity index is 0.0000000926. The highest BCUT2D eigenvalue weighted by Crippen LogP contribution is 2.72. The van der Waals surface area contributed by atoms with Gasteiger partial charge in [-0.05, 0) is 172 Å². The minimum atomic E-state index is 1.19. The van der Waals surface area contributed by atoms with Gasteiger partial charge in [-0.2, -0.15) is 0 Å². The van der Waals surface area contributed by atoms with Crippen LogP contribution < -0.4 is 0 Å². The van der Waals surface area contributed by atoms with E-state index in [4.69, 9.17) is 0 Å². The Morgan fingerprint density at radius 2 is 0.286 bits per heavy atom. The van der Waals surface area contributed by atoms with Gasteiger partial charge < -0.3 is 0 Å². The van der Waals surface area contributed by atoms with Crippen molar-refractivity contribution >= 4 is 0 Å². The Morgan fingerprint density at radius 3 is 0.393 bits per heavy atom. The van der Waals surface area contributed by atoms with Crippen molar-refractivity contribution in [2.75, 3.05) is 0 Å².